The second-order valence-electron chi connectivity index (χ2n) is 7.41. The highest BCUT2D eigenvalue weighted by molar-refractivity contribution is 7.99. The molecule has 2 atom stereocenters. The van der Waals surface area contributed by atoms with Gasteiger partial charge in [-0.2, -0.15) is 0 Å². The third-order valence-corrected chi connectivity index (χ3v) is 6.33. The van der Waals surface area contributed by atoms with Crippen molar-refractivity contribution in [2.45, 2.75) is 63.6 Å². The number of halogens is 1. The largest absolute Gasteiger partial charge is 0.352 e. The fourth-order valence-electron chi connectivity index (χ4n) is 2.92. The summed E-state index contributed by atoms with van der Waals surface area (Å²) in [6.07, 6.45) is 2.01. The van der Waals surface area contributed by atoms with Crippen molar-refractivity contribution in [1.82, 2.24) is 10.2 Å². The molecule has 0 bridgehead atoms. The van der Waals surface area contributed by atoms with Gasteiger partial charge in [-0.05, 0) is 62.3 Å². The molecule has 1 N–H and O–H groups in total. The van der Waals surface area contributed by atoms with E-state index in [-0.39, 0.29) is 17.9 Å². The molecule has 0 aromatic heterocycles. The van der Waals surface area contributed by atoms with Crippen molar-refractivity contribution in [3.63, 3.8) is 0 Å². The summed E-state index contributed by atoms with van der Waals surface area (Å²) in [5.41, 5.74) is 1.02. The maximum absolute atomic E-state index is 13.0. The zero-order valence-electron chi connectivity index (χ0n) is 17.9. The van der Waals surface area contributed by atoms with Gasteiger partial charge >= 0.3 is 0 Å². The van der Waals surface area contributed by atoms with Crippen LogP contribution in [0.1, 0.15) is 45.6 Å². The molecule has 0 fully saturated rings. The smallest absolute Gasteiger partial charge is 0.242 e. The van der Waals surface area contributed by atoms with E-state index in [4.69, 9.17) is 11.6 Å². The molecule has 2 aromatic carbocycles. The molecular weight excluding hydrogens is 416 g/mol. The minimum atomic E-state index is -0.518. The fraction of sp³-hybridized carbons (Fsp3) is 0.417. The number of nitrogens with one attached hydrogen (secondary N) is 1. The van der Waals surface area contributed by atoms with Crippen LogP contribution in [-0.4, -0.2) is 34.6 Å². The lowest BCUT2D eigenvalue weighted by Crippen LogP contribution is -2.49. The van der Waals surface area contributed by atoms with E-state index >= 15 is 0 Å². The van der Waals surface area contributed by atoms with Gasteiger partial charge < -0.3 is 10.2 Å². The Bertz CT molecular complexity index is 799. The molecule has 162 valence electrons. The van der Waals surface area contributed by atoms with Crippen LogP contribution in [-0.2, 0) is 16.1 Å². The van der Waals surface area contributed by atoms with Crippen LogP contribution in [0, 0.1) is 0 Å². The van der Waals surface area contributed by atoms with Gasteiger partial charge in [0.15, 0.2) is 0 Å². The Kier molecular flexibility index (Phi) is 10.2. The van der Waals surface area contributed by atoms with Gasteiger partial charge in [0.25, 0.3) is 0 Å². The molecule has 0 heterocycles. The number of hydrogen-bond donors (Lipinski definition) is 1. The summed E-state index contributed by atoms with van der Waals surface area (Å²) in [6.45, 7) is 6.24. The predicted molar refractivity (Wildman–Crippen MR) is 126 cm³/mol. The van der Waals surface area contributed by atoms with Crippen LogP contribution in [0.4, 0.5) is 0 Å². The maximum Gasteiger partial charge on any atom is 0.242 e. The number of thioether (sulfide) groups is 1. The molecule has 0 unspecified atom stereocenters. The van der Waals surface area contributed by atoms with Crippen LogP contribution in [0.5, 0.6) is 0 Å². The highest BCUT2D eigenvalue weighted by Gasteiger charge is 2.26. The molecule has 2 rings (SSSR count). The molecule has 0 aliphatic carbocycles. The summed E-state index contributed by atoms with van der Waals surface area (Å²) in [4.78, 5) is 28.5. The highest BCUT2D eigenvalue weighted by atomic mass is 35.5. The Balaban J connectivity index is 1.96. The van der Waals surface area contributed by atoms with E-state index in [0.717, 1.165) is 34.1 Å². The van der Waals surface area contributed by atoms with Crippen LogP contribution in [0.3, 0.4) is 0 Å². The summed E-state index contributed by atoms with van der Waals surface area (Å²) in [5.74, 6) is 0.728. The molecule has 0 saturated carbocycles. The van der Waals surface area contributed by atoms with Gasteiger partial charge in [0.1, 0.15) is 6.04 Å². The number of rotatable bonds is 11. The third-order valence-electron chi connectivity index (χ3n) is 4.98. The molecule has 4 nitrogen and oxygen atoms in total. The van der Waals surface area contributed by atoms with Crippen molar-refractivity contribution in [1.29, 1.82) is 0 Å². The number of benzene rings is 2. The van der Waals surface area contributed by atoms with Crippen LogP contribution in [0.2, 0.25) is 5.02 Å². The van der Waals surface area contributed by atoms with E-state index in [9.17, 15) is 9.59 Å². The lowest BCUT2D eigenvalue weighted by Gasteiger charge is -2.29. The average molecular weight is 447 g/mol. The van der Waals surface area contributed by atoms with Crippen molar-refractivity contribution in [3.8, 4) is 0 Å². The quantitative estimate of drug-likeness (QED) is 0.364. The standard InChI is InChI=1S/C24H31ClN2O2S/c1-4-18(2)26-24(29)19(3)27(17-20-9-6-5-7-10-20)23(28)11-8-16-30-22-14-12-21(25)13-15-22/h5-7,9-10,12-15,18-19H,4,8,11,16-17H2,1-3H3,(H,26,29)/t18-,19+/m1/s1. The maximum atomic E-state index is 13.0. The summed E-state index contributed by atoms with van der Waals surface area (Å²) in [6, 6.07) is 17.1. The topological polar surface area (TPSA) is 49.4 Å². The molecule has 0 spiro atoms. The first-order valence-electron chi connectivity index (χ1n) is 10.4. The molecule has 2 amide bonds. The summed E-state index contributed by atoms with van der Waals surface area (Å²) >= 11 is 7.62. The molecule has 6 heteroatoms. The zero-order valence-corrected chi connectivity index (χ0v) is 19.5. The van der Waals surface area contributed by atoms with Gasteiger partial charge in [-0.15, -0.1) is 11.8 Å². The van der Waals surface area contributed by atoms with Crippen LogP contribution < -0.4 is 5.32 Å². The van der Waals surface area contributed by atoms with Crippen molar-refractivity contribution >= 4 is 35.2 Å². The molecule has 0 aliphatic rings. The number of amides is 2. The predicted octanol–water partition coefficient (Wildman–Crippen LogP) is 5.54. The van der Waals surface area contributed by atoms with Gasteiger partial charge in [0, 0.05) is 28.9 Å². The molecule has 2 aromatic rings. The SMILES string of the molecule is CC[C@@H](C)NC(=O)[C@H](C)N(Cc1ccccc1)C(=O)CCCSc1ccc(Cl)cc1. The fourth-order valence-corrected chi connectivity index (χ4v) is 3.90. The number of hydrogen-bond acceptors (Lipinski definition) is 3. The van der Waals surface area contributed by atoms with E-state index in [0.29, 0.717) is 13.0 Å². The first kappa shape index (κ1) is 24.3. The van der Waals surface area contributed by atoms with Crippen LogP contribution in [0.15, 0.2) is 59.5 Å². The molecule has 0 aliphatic heterocycles. The second-order valence-corrected chi connectivity index (χ2v) is 9.01. The third kappa shape index (κ3) is 8.04. The van der Waals surface area contributed by atoms with Crippen molar-refractivity contribution in [2.24, 2.45) is 0 Å². The van der Waals surface area contributed by atoms with Gasteiger partial charge in [-0.1, -0.05) is 48.9 Å². The molecule has 30 heavy (non-hydrogen) atoms. The van der Waals surface area contributed by atoms with Crippen molar-refractivity contribution in [3.05, 3.63) is 65.2 Å². The zero-order chi connectivity index (χ0) is 21.9. The lowest BCUT2D eigenvalue weighted by molar-refractivity contribution is -0.140. The average Bonchev–Trinajstić information content (AvgIpc) is 2.76. The first-order chi connectivity index (χ1) is 14.4. The Morgan fingerprint density at radius 3 is 2.37 bits per heavy atom. The van der Waals surface area contributed by atoms with Gasteiger partial charge in [-0.25, -0.2) is 0 Å². The normalized spacial score (nSPS) is 12.8. The van der Waals surface area contributed by atoms with E-state index in [1.54, 1.807) is 23.6 Å². The molecular formula is C24H31ClN2O2S. The summed E-state index contributed by atoms with van der Waals surface area (Å²) < 4.78 is 0. The first-order valence-corrected chi connectivity index (χ1v) is 11.8. The Labute approximate surface area is 189 Å². The van der Waals surface area contributed by atoms with Crippen LogP contribution >= 0.6 is 23.4 Å². The summed E-state index contributed by atoms with van der Waals surface area (Å²) in [7, 11) is 0. The minimum absolute atomic E-state index is 0.00219. The summed E-state index contributed by atoms with van der Waals surface area (Å²) in [5, 5.41) is 3.71. The Morgan fingerprint density at radius 2 is 1.73 bits per heavy atom. The monoisotopic (exact) mass is 446 g/mol. The van der Waals surface area contributed by atoms with Gasteiger partial charge in [0.2, 0.25) is 11.8 Å². The van der Waals surface area contributed by atoms with E-state index in [1.165, 1.54) is 0 Å². The minimum Gasteiger partial charge on any atom is -0.352 e. The Morgan fingerprint density at radius 1 is 1.07 bits per heavy atom. The lowest BCUT2D eigenvalue weighted by atomic mass is 10.1. The van der Waals surface area contributed by atoms with Crippen molar-refractivity contribution < 1.29 is 9.59 Å². The molecule has 0 radical (unpaired) electrons. The number of nitrogens with zero attached hydrogens (tertiary/aromatic N) is 1. The van der Waals surface area contributed by atoms with E-state index in [2.05, 4.69) is 5.32 Å². The Hall–Kier alpha value is -1.98. The number of carbonyl (C=O) groups excluding carboxylic acids is 2. The van der Waals surface area contributed by atoms with Crippen LogP contribution in [0.25, 0.3) is 0 Å². The highest BCUT2D eigenvalue weighted by Crippen LogP contribution is 2.22. The second kappa shape index (κ2) is 12.7. The van der Waals surface area contributed by atoms with E-state index in [1.807, 2.05) is 68.4 Å². The number of carbonyl (C=O) groups is 2. The van der Waals surface area contributed by atoms with Gasteiger partial charge in [0.05, 0.1) is 0 Å². The molecule has 0 saturated heterocycles. The van der Waals surface area contributed by atoms with Gasteiger partial charge in [-0.3, -0.25) is 9.59 Å². The van der Waals surface area contributed by atoms with Crippen molar-refractivity contribution in [2.75, 3.05) is 5.75 Å². The van der Waals surface area contributed by atoms with E-state index < -0.39 is 6.04 Å².